The molecule has 0 radical (unpaired) electrons. The second kappa shape index (κ2) is 8.16. The molecule has 0 fully saturated rings. The Morgan fingerprint density at radius 1 is 1.13 bits per heavy atom. The number of rotatable bonds is 5. The summed E-state index contributed by atoms with van der Waals surface area (Å²) in [5.74, 6) is 0.778. The first-order chi connectivity index (χ1) is 14.4. The number of H-pyrrole nitrogens is 1. The van der Waals surface area contributed by atoms with Crippen LogP contribution in [-0.4, -0.2) is 43.0 Å². The molecule has 0 spiro atoms. The van der Waals surface area contributed by atoms with Crippen molar-refractivity contribution < 1.29 is 4.39 Å². The monoisotopic (exact) mass is 426 g/mol. The van der Waals surface area contributed by atoms with Crippen molar-refractivity contribution in [3.63, 3.8) is 0 Å². The van der Waals surface area contributed by atoms with Gasteiger partial charge in [0.25, 0.3) is 5.56 Å². The maximum Gasteiger partial charge on any atom is 0.257 e. The number of anilines is 3. The fourth-order valence-corrected chi connectivity index (χ4v) is 3.46. The number of aromatic amines is 1. The summed E-state index contributed by atoms with van der Waals surface area (Å²) in [5, 5.41) is 6.92. The van der Waals surface area contributed by atoms with Gasteiger partial charge in [0.1, 0.15) is 17.5 Å². The van der Waals surface area contributed by atoms with Gasteiger partial charge in [-0.25, -0.2) is 4.39 Å². The summed E-state index contributed by atoms with van der Waals surface area (Å²) < 4.78 is 14.4. The molecule has 30 heavy (non-hydrogen) atoms. The van der Waals surface area contributed by atoms with Crippen LogP contribution in [0.15, 0.2) is 52.5 Å². The van der Waals surface area contributed by atoms with E-state index < -0.39 is 11.4 Å². The van der Waals surface area contributed by atoms with Crippen LogP contribution in [0.25, 0.3) is 11.1 Å². The van der Waals surface area contributed by atoms with Crippen LogP contribution in [0.4, 0.5) is 21.6 Å². The molecule has 3 N–H and O–H groups in total. The van der Waals surface area contributed by atoms with Crippen LogP contribution in [0.5, 0.6) is 0 Å². The molecular formula is C21H20ClFN6O. The molecule has 1 aliphatic heterocycles. The van der Waals surface area contributed by atoms with Crippen molar-refractivity contribution in [1.82, 2.24) is 15.3 Å². The van der Waals surface area contributed by atoms with Gasteiger partial charge in [-0.15, -0.1) is 0 Å². The lowest BCUT2D eigenvalue weighted by Gasteiger charge is -2.20. The minimum absolute atomic E-state index is 0.133. The fourth-order valence-electron chi connectivity index (χ4n) is 3.29. The summed E-state index contributed by atoms with van der Waals surface area (Å²) in [6.07, 6.45) is 3.39. The minimum atomic E-state index is -0.525. The van der Waals surface area contributed by atoms with E-state index in [4.69, 9.17) is 11.6 Å². The van der Waals surface area contributed by atoms with Gasteiger partial charge in [0, 0.05) is 43.6 Å². The summed E-state index contributed by atoms with van der Waals surface area (Å²) in [6, 6.07) is 7.57. The zero-order valence-electron chi connectivity index (χ0n) is 16.5. The van der Waals surface area contributed by atoms with Crippen molar-refractivity contribution in [3.8, 4) is 11.1 Å². The number of pyridine rings is 2. The number of halogens is 2. The second-order valence-electron chi connectivity index (χ2n) is 7.00. The summed E-state index contributed by atoms with van der Waals surface area (Å²) in [4.78, 5) is 26.0. The molecular weight excluding hydrogens is 407 g/mol. The molecule has 7 nitrogen and oxygen atoms in total. The van der Waals surface area contributed by atoms with E-state index in [1.165, 1.54) is 18.2 Å². The molecule has 4 rings (SSSR count). The number of aromatic nitrogens is 2. The normalized spacial score (nSPS) is 13.0. The molecule has 1 aliphatic rings. The third-order valence-corrected chi connectivity index (χ3v) is 4.94. The summed E-state index contributed by atoms with van der Waals surface area (Å²) in [7, 11) is 3.62. The van der Waals surface area contributed by atoms with E-state index >= 15 is 0 Å². The van der Waals surface area contributed by atoms with Crippen molar-refractivity contribution in [2.75, 3.05) is 37.4 Å². The molecule has 0 amide bonds. The highest BCUT2D eigenvalue weighted by molar-refractivity contribution is 6.30. The van der Waals surface area contributed by atoms with Crippen LogP contribution in [0.3, 0.4) is 0 Å². The van der Waals surface area contributed by atoms with Gasteiger partial charge in [0.15, 0.2) is 0 Å². The molecule has 3 heterocycles. The highest BCUT2D eigenvalue weighted by Crippen LogP contribution is 2.31. The molecule has 0 saturated heterocycles. The summed E-state index contributed by atoms with van der Waals surface area (Å²) in [5.41, 5.74) is 2.05. The Labute approximate surface area is 177 Å². The maximum atomic E-state index is 14.4. The zero-order chi connectivity index (χ0) is 21.3. The molecule has 1 aromatic carbocycles. The second-order valence-corrected chi connectivity index (χ2v) is 7.43. The van der Waals surface area contributed by atoms with Crippen molar-refractivity contribution in [3.05, 3.63) is 69.5 Å². The number of benzene rings is 1. The highest BCUT2D eigenvalue weighted by atomic mass is 35.5. The molecule has 0 saturated carbocycles. The Hall–Kier alpha value is -3.39. The number of amidine groups is 1. The molecule has 3 aromatic rings. The lowest BCUT2D eigenvalue weighted by molar-refractivity contribution is 0.631. The van der Waals surface area contributed by atoms with E-state index in [0.29, 0.717) is 23.1 Å². The standard InChI is InChI=1S/C21H20ClFN6O/c1-29(2)20-18(27-17-5-6-24-11-15(17)19-25-7-8-26-19)10-14(21(30)28-20)13-9-12(22)3-4-16(13)23/h3-6,9-11H,7-8H2,1-2H3,(H,24,27)(H,25,26)(H,28,30). The van der Waals surface area contributed by atoms with Gasteiger partial charge >= 0.3 is 0 Å². The van der Waals surface area contributed by atoms with Gasteiger partial charge in [-0.1, -0.05) is 11.6 Å². The largest absolute Gasteiger partial charge is 0.368 e. The minimum Gasteiger partial charge on any atom is -0.368 e. The van der Waals surface area contributed by atoms with Crippen molar-refractivity contribution in [2.45, 2.75) is 0 Å². The topological polar surface area (TPSA) is 85.4 Å². The van der Waals surface area contributed by atoms with E-state index in [2.05, 4.69) is 25.6 Å². The lowest BCUT2D eigenvalue weighted by atomic mass is 10.1. The molecule has 0 atom stereocenters. The first-order valence-electron chi connectivity index (χ1n) is 9.34. The van der Waals surface area contributed by atoms with Crippen molar-refractivity contribution in [2.24, 2.45) is 4.99 Å². The van der Waals surface area contributed by atoms with Gasteiger partial charge in [-0.05, 0) is 30.3 Å². The van der Waals surface area contributed by atoms with Crippen LogP contribution in [0.2, 0.25) is 5.02 Å². The number of nitrogens with zero attached hydrogens (tertiary/aromatic N) is 3. The van der Waals surface area contributed by atoms with E-state index in [1.807, 2.05) is 20.2 Å². The Morgan fingerprint density at radius 3 is 2.70 bits per heavy atom. The van der Waals surface area contributed by atoms with Crippen LogP contribution in [0, 0.1) is 5.82 Å². The van der Waals surface area contributed by atoms with Crippen LogP contribution >= 0.6 is 11.6 Å². The maximum absolute atomic E-state index is 14.4. The van der Waals surface area contributed by atoms with Crippen LogP contribution in [0.1, 0.15) is 5.56 Å². The van der Waals surface area contributed by atoms with E-state index in [1.54, 1.807) is 23.4 Å². The van der Waals surface area contributed by atoms with Crippen LogP contribution < -0.4 is 21.1 Å². The third kappa shape index (κ3) is 3.86. The Morgan fingerprint density at radius 2 is 1.97 bits per heavy atom. The Kier molecular flexibility index (Phi) is 5.41. The molecule has 154 valence electrons. The van der Waals surface area contributed by atoms with E-state index in [-0.39, 0.29) is 11.1 Å². The highest BCUT2D eigenvalue weighted by Gasteiger charge is 2.18. The Balaban J connectivity index is 1.84. The first kappa shape index (κ1) is 19.9. The lowest BCUT2D eigenvalue weighted by Crippen LogP contribution is -2.22. The molecule has 0 bridgehead atoms. The summed E-state index contributed by atoms with van der Waals surface area (Å²) >= 11 is 6.03. The number of hydrogen-bond acceptors (Lipinski definition) is 6. The fraction of sp³-hybridized carbons (Fsp3) is 0.190. The predicted molar refractivity (Wildman–Crippen MR) is 119 cm³/mol. The van der Waals surface area contributed by atoms with Crippen LogP contribution in [-0.2, 0) is 0 Å². The quantitative estimate of drug-likeness (QED) is 0.582. The smallest absolute Gasteiger partial charge is 0.257 e. The van der Waals surface area contributed by atoms with Gasteiger partial charge in [-0.3, -0.25) is 14.8 Å². The summed E-state index contributed by atoms with van der Waals surface area (Å²) in [6.45, 7) is 1.47. The molecule has 9 heteroatoms. The first-order valence-corrected chi connectivity index (χ1v) is 9.71. The zero-order valence-corrected chi connectivity index (χ0v) is 17.2. The van der Waals surface area contributed by atoms with Gasteiger partial charge in [0.05, 0.1) is 29.0 Å². The van der Waals surface area contributed by atoms with E-state index in [0.717, 1.165) is 23.6 Å². The number of hydrogen-bond donors (Lipinski definition) is 3. The van der Waals surface area contributed by atoms with Crippen molar-refractivity contribution >= 4 is 34.6 Å². The van der Waals surface area contributed by atoms with E-state index in [9.17, 15) is 9.18 Å². The number of nitrogens with one attached hydrogen (secondary N) is 3. The number of aliphatic imine (C=N–C) groups is 1. The average molecular weight is 427 g/mol. The van der Waals surface area contributed by atoms with Crippen molar-refractivity contribution in [1.29, 1.82) is 0 Å². The van der Waals surface area contributed by atoms with Gasteiger partial charge in [0.2, 0.25) is 0 Å². The Bertz CT molecular complexity index is 1190. The van der Waals surface area contributed by atoms with Gasteiger partial charge in [-0.2, -0.15) is 0 Å². The predicted octanol–water partition coefficient (Wildman–Crippen LogP) is 3.39. The molecule has 2 aromatic heterocycles. The molecule has 0 aliphatic carbocycles. The average Bonchev–Trinajstić information content (AvgIpc) is 3.26. The third-order valence-electron chi connectivity index (χ3n) is 4.71. The van der Waals surface area contributed by atoms with Gasteiger partial charge < -0.3 is 20.5 Å². The SMILES string of the molecule is CN(C)c1[nH]c(=O)c(-c2cc(Cl)ccc2F)cc1Nc1ccncc1C1=NCCN1. The molecule has 0 unspecified atom stereocenters.